The minimum absolute atomic E-state index is 0.542. The zero-order valence-electron chi connectivity index (χ0n) is 8.90. The third kappa shape index (κ3) is 1.72. The van der Waals surface area contributed by atoms with Gasteiger partial charge in [-0.1, -0.05) is 12.1 Å². The Morgan fingerprint density at radius 3 is 2.88 bits per heavy atom. The summed E-state index contributed by atoms with van der Waals surface area (Å²) in [7, 11) is 0. The molecule has 0 unspecified atom stereocenters. The van der Waals surface area contributed by atoms with Gasteiger partial charge in [-0.15, -0.1) is 10.2 Å². The molecule has 3 N–H and O–H groups in total. The molecule has 1 aromatic heterocycles. The maximum atomic E-state index is 5.53. The molecule has 81 valence electrons. The number of nitrogens with two attached hydrogens (primary N) is 1. The van der Waals surface area contributed by atoms with E-state index in [9.17, 15) is 0 Å². The number of nitrogens with zero attached hydrogens (tertiary/aromatic N) is 2. The second-order valence-electron chi connectivity index (χ2n) is 4.15. The van der Waals surface area contributed by atoms with Crippen molar-refractivity contribution in [1.82, 2.24) is 15.2 Å². The third-order valence-corrected chi connectivity index (χ3v) is 2.84. The monoisotopic (exact) mass is 213 g/mol. The fourth-order valence-electron chi connectivity index (χ4n) is 1.67. The number of benzene rings is 1. The van der Waals surface area contributed by atoms with Crippen molar-refractivity contribution in [2.75, 3.05) is 0 Å². The van der Waals surface area contributed by atoms with Crippen LogP contribution >= 0.6 is 0 Å². The summed E-state index contributed by atoms with van der Waals surface area (Å²) in [6, 6.07) is 9.02. The van der Waals surface area contributed by atoms with Gasteiger partial charge in [-0.2, -0.15) is 0 Å². The summed E-state index contributed by atoms with van der Waals surface area (Å²) in [5, 5.41) is 8.28. The van der Waals surface area contributed by atoms with Crippen LogP contribution in [0.25, 0.3) is 11.4 Å². The number of aromatic nitrogens is 3. The van der Waals surface area contributed by atoms with Gasteiger partial charge >= 0.3 is 0 Å². The molecule has 1 aromatic carbocycles. The highest BCUT2D eigenvalue weighted by molar-refractivity contribution is 5.54. The van der Waals surface area contributed by atoms with Gasteiger partial charge in [0.05, 0.1) is 0 Å². The largest absolute Gasteiger partial charge is 0.326 e. The van der Waals surface area contributed by atoms with Crippen molar-refractivity contribution in [3.63, 3.8) is 0 Å². The van der Waals surface area contributed by atoms with Crippen LogP contribution < -0.4 is 5.73 Å². The first kappa shape index (κ1) is 9.54. The summed E-state index contributed by atoms with van der Waals surface area (Å²) in [4.78, 5) is 3.24. The van der Waals surface area contributed by atoms with Crippen LogP contribution in [0, 0.1) is 6.07 Å². The maximum Gasteiger partial charge on any atom is 0.161 e. The van der Waals surface area contributed by atoms with Gasteiger partial charge in [-0.3, -0.25) is 0 Å². The Balaban J connectivity index is 1.88. The molecule has 2 aromatic rings. The van der Waals surface area contributed by atoms with E-state index >= 15 is 0 Å². The van der Waals surface area contributed by atoms with E-state index in [0.717, 1.165) is 22.8 Å². The summed E-state index contributed by atoms with van der Waals surface area (Å²) in [6.07, 6.45) is 2.45. The van der Waals surface area contributed by atoms with Crippen molar-refractivity contribution >= 4 is 0 Å². The minimum atomic E-state index is 0.542. The van der Waals surface area contributed by atoms with E-state index in [4.69, 9.17) is 5.73 Å². The lowest BCUT2D eigenvalue weighted by Gasteiger charge is -1.97. The molecule has 3 rings (SSSR count). The van der Waals surface area contributed by atoms with E-state index in [0.29, 0.717) is 12.5 Å². The lowest BCUT2D eigenvalue weighted by molar-refractivity contribution is 0.935. The third-order valence-electron chi connectivity index (χ3n) is 2.84. The van der Waals surface area contributed by atoms with Gasteiger partial charge in [0.15, 0.2) is 5.82 Å². The fourth-order valence-corrected chi connectivity index (χ4v) is 1.67. The number of hydrogen-bond donors (Lipinski definition) is 2. The molecule has 0 bridgehead atoms. The first-order chi connectivity index (χ1) is 7.86. The quantitative estimate of drug-likeness (QED) is 0.813. The SMILES string of the molecule is NCc1c[c]c(-c2nnc(C3CC3)[nH]2)cc1. The van der Waals surface area contributed by atoms with Gasteiger partial charge in [0.1, 0.15) is 5.82 Å². The van der Waals surface area contributed by atoms with E-state index < -0.39 is 0 Å². The predicted octanol–water partition coefficient (Wildman–Crippen LogP) is 1.61. The summed E-state index contributed by atoms with van der Waals surface area (Å²) >= 11 is 0. The van der Waals surface area contributed by atoms with Crippen molar-refractivity contribution in [2.24, 2.45) is 5.73 Å². The van der Waals surface area contributed by atoms with Crippen molar-refractivity contribution < 1.29 is 0 Å². The molecule has 0 atom stereocenters. The van der Waals surface area contributed by atoms with Crippen LogP contribution in [0.3, 0.4) is 0 Å². The first-order valence-electron chi connectivity index (χ1n) is 5.50. The second kappa shape index (κ2) is 3.72. The van der Waals surface area contributed by atoms with Crippen LogP contribution in [0.2, 0.25) is 0 Å². The lowest BCUT2D eigenvalue weighted by Crippen LogP contribution is -1.95. The smallest absolute Gasteiger partial charge is 0.161 e. The Kier molecular flexibility index (Phi) is 2.22. The van der Waals surface area contributed by atoms with E-state index in [1.165, 1.54) is 12.8 Å². The Morgan fingerprint density at radius 1 is 1.38 bits per heavy atom. The van der Waals surface area contributed by atoms with Gasteiger partial charge in [0, 0.05) is 18.0 Å². The van der Waals surface area contributed by atoms with Crippen LogP contribution in [0.4, 0.5) is 0 Å². The van der Waals surface area contributed by atoms with Crippen LogP contribution in [0.1, 0.15) is 30.1 Å². The fraction of sp³-hybridized carbons (Fsp3) is 0.333. The summed E-state index contributed by atoms with van der Waals surface area (Å²) in [5.74, 6) is 2.40. The van der Waals surface area contributed by atoms with Crippen LogP contribution in [0.15, 0.2) is 18.2 Å². The molecular weight excluding hydrogens is 200 g/mol. The van der Waals surface area contributed by atoms with Crippen molar-refractivity contribution in [2.45, 2.75) is 25.3 Å². The summed E-state index contributed by atoms with van der Waals surface area (Å²) in [6.45, 7) is 0.542. The molecule has 4 nitrogen and oxygen atoms in total. The highest BCUT2D eigenvalue weighted by Crippen LogP contribution is 2.38. The van der Waals surface area contributed by atoms with Gasteiger partial charge in [0.2, 0.25) is 0 Å². The molecule has 4 heteroatoms. The van der Waals surface area contributed by atoms with Crippen LogP contribution in [-0.4, -0.2) is 15.2 Å². The van der Waals surface area contributed by atoms with E-state index in [1.807, 2.05) is 18.2 Å². The Bertz CT molecular complexity index is 482. The number of H-pyrrole nitrogens is 1. The molecule has 1 saturated carbocycles. The Morgan fingerprint density at radius 2 is 2.25 bits per heavy atom. The summed E-state index contributed by atoms with van der Waals surface area (Å²) in [5.41, 5.74) is 7.55. The molecule has 16 heavy (non-hydrogen) atoms. The molecule has 1 aliphatic rings. The summed E-state index contributed by atoms with van der Waals surface area (Å²) < 4.78 is 0. The van der Waals surface area contributed by atoms with E-state index in [-0.39, 0.29) is 0 Å². The van der Waals surface area contributed by atoms with Gasteiger partial charge in [0.25, 0.3) is 0 Å². The zero-order chi connectivity index (χ0) is 11.0. The van der Waals surface area contributed by atoms with Gasteiger partial charge in [-0.25, -0.2) is 0 Å². The molecule has 0 saturated heterocycles. The van der Waals surface area contributed by atoms with Crippen LogP contribution in [0.5, 0.6) is 0 Å². The minimum Gasteiger partial charge on any atom is -0.326 e. The molecular formula is C12H13N4. The number of hydrogen-bond acceptors (Lipinski definition) is 3. The normalized spacial score (nSPS) is 15.3. The Hall–Kier alpha value is -1.68. The molecule has 0 amide bonds. The molecule has 1 radical (unpaired) electrons. The molecule has 0 aliphatic heterocycles. The van der Waals surface area contributed by atoms with Crippen LogP contribution in [-0.2, 0) is 6.54 Å². The topological polar surface area (TPSA) is 67.6 Å². The first-order valence-corrected chi connectivity index (χ1v) is 5.50. The van der Waals surface area contributed by atoms with Crippen molar-refractivity contribution in [3.05, 3.63) is 35.7 Å². The highest BCUT2D eigenvalue weighted by Gasteiger charge is 2.27. The maximum absolute atomic E-state index is 5.53. The molecule has 1 fully saturated rings. The lowest BCUT2D eigenvalue weighted by atomic mass is 10.1. The average molecular weight is 213 g/mol. The Labute approximate surface area is 93.9 Å². The standard InChI is InChI=1S/C12H13N4/c13-7-8-1-3-9(4-2-8)11-14-12(16-15-11)10-5-6-10/h1-3,10H,5-7,13H2,(H,14,15,16). The van der Waals surface area contributed by atoms with Gasteiger partial charge in [-0.05, 0) is 30.5 Å². The molecule has 0 spiro atoms. The number of aromatic amines is 1. The number of rotatable bonds is 3. The van der Waals surface area contributed by atoms with E-state index in [1.54, 1.807) is 0 Å². The van der Waals surface area contributed by atoms with Gasteiger partial charge < -0.3 is 10.7 Å². The molecule has 1 heterocycles. The predicted molar refractivity (Wildman–Crippen MR) is 60.5 cm³/mol. The molecule has 1 aliphatic carbocycles. The zero-order valence-corrected chi connectivity index (χ0v) is 8.90. The highest BCUT2D eigenvalue weighted by atomic mass is 15.2. The van der Waals surface area contributed by atoms with Crippen molar-refractivity contribution in [3.8, 4) is 11.4 Å². The van der Waals surface area contributed by atoms with E-state index in [2.05, 4.69) is 21.2 Å². The number of nitrogens with one attached hydrogen (secondary N) is 1. The second-order valence-corrected chi connectivity index (χ2v) is 4.15. The van der Waals surface area contributed by atoms with Crippen molar-refractivity contribution in [1.29, 1.82) is 0 Å². The average Bonchev–Trinajstić information content (AvgIpc) is 3.08.